The van der Waals surface area contributed by atoms with Crippen LogP contribution in [0.25, 0.3) is 0 Å². The van der Waals surface area contributed by atoms with Gasteiger partial charge in [-0.3, -0.25) is 4.79 Å². The number of morpholine rings is 1. The largest absolute Gasteiger partial charge is 0.378 e. The number of carbonyl (C=O) groups is 1. The lowest BCUT2D eigenvalue weighted by Gasteiger charge is -2.35. The van der Waals surface area contributed by atoms with Gasteiger partial charge in [-0.15, -0.1) is 0 Å². The van der Waals surface area contributed by atoms with Gasteiger partial charge in [-0.25, -0.2) is 4.98 Å². The van der Waals surface area contributed by atoms with Gasteiger partial charge in [-0.1, -0.05) is 6.92 Å². The van der Waals surface area contributed by atoms with Gasteiger partial charge in [-0.05, 0) is 18.7 Å². The van der Waals surface area contributed by atoms with Crippen molar-refractivity contribution in [3.63, 3.8) is 0 Å². The first-order valence-corrected chi connectivity index (χ1v) is 8.09. The molecule has 2 saturated heterocycles. The second-order valence-corrected chi connectivity index (χ2v) is 5.70. The molecule has 22 heavy (non-hydrogen) atoms. The smallest absolute Gasteiger partial charge is 0.257 e. The summed E-state index contributed by atoms with van der Waals surface area (Å²) in [5, 5.41) is 0. The Balaban J connectivity index is 1.75. The number of aromatic nitrogens is 1. The van der Waals surface area contributed by atoms with Crippen LogP contribution in [0.15, 0.2) is 18.3 Å². The summed E-state index contributed by atoms with van der Waals surface area (Å²) in [4.78, 5) is 23.8. The number of anilines is 1. The van der Waals surface area contributed by atoms with E-state index in [2.05, 4.69) is 21.7 Å². The van der Waals surface area contributed by atoms with Crippen molar-refractivity contribution >= 4 is 11.7 Å². The topological polar surface area (TPSA) is 48.9 Å². The van der Waals surface area contributed by atoms with Gasteiger partial charge >= 0.3 is 0 Å². The van der Waals surface area contributed by atoms with Crippen molar-refractivity contribution in [2.24, 2.45) is 0 Å². The third-order valence-corrected chi connectivity index (χ3v) is 4.43. The average molecular weight is 304 g/mol. The Morgan fingerprint density at radius 1 is 1.18 bits per heavy atom. The molecular weight excluding hydrogens is 280 g/mol. The molecule has 120 valence electrons. The summed E-state index contributed by atoms with van der Waals surface area (Å²) in [5.41, 5.74) is 0.717. The highest BCUT2D eigenvalue weighted by atomic mass is 16.5. The van der Waals surface area contributed by atoms with E-state index < -0.39 is 0 Å². The van der Waals surface area contributed by atoms with E-state index in [0.29, 0.717) is 18.8 Å². The van der Waals surface area contributed by atoms with Crippen molar-refractivity contribution in [2.45, 2.75) is 6.92 Å². The molecule has 0 atom stereocenters. The molecule has 0 N–H and O–H groups in total. The fraction of sp³-hybridized carbons (Fsp3) is 0.625. The Morgan fingerprint density at radius 3 is 2.59 bits per heavy atom. The Hall–Kier alpha value is -1.66. The fourth-order valence-electron chi connectivity index (χ4n) is 3.03. The van der Waals surface area contributed by atoms with Gasteiger partial charge in [0.05, 0.1) is 18.8 Å². The number of hydrogen-bond donors (Lipinski definition) is 0. The number of pyridine rings is 1. The van der Waals surface area contributed by atoms with E-state index in [1.807, 2.05) is 17.0 Å². The molecule has 3 rings (SSSR count). The minimum Gasteiger partial charge on any atom is -0.378 e. The lowest BCUT2D eigenvalue weighted by Crippen LogP contribution is -2.49. The minimum atomic E-state index is 0.102. The highest BCUT2D eigenvalue weighted by molar-refractivity contribution is 5.99. The lowest BCUT2D eigenvalue weighted by molar-refractivity contribution is 0.0642. The first-order valence-electron chi connectivity index (χ1n) is 8.09. The predicted molar refractivity (Wildman–Crippen MR) is 85.3 cm³/mol. The number of carbonyl (C=O) groups excluding carboxylic acids is 1. The van der Waals surface area contributed by atoms with Crippen molar-refractivity contribution in [1.82, 2.24) is 14.8 Å². The number of rotatable bonds is 3. The molecule has 0 bridgehead atoms. The first kappa shape index (κ1) is 15.2. The summed E-state index contributed by atoms with van der Waals surface area (Å²) in [6, 6.07) is 3.74. The van der Waals surface area contributed by atoms with Gasteiger partial charge in [0.1, 0.15) is 5.82 Å². The van der Waals surface area contributed by atoms with Crippen LogP contribution in [0.4, 0.5) is 5.82 Å². The molecule has 2 aliphatic rings. The summed E-state index contributed by atoms with van der Waals surface area (Å²) in [7, 11) is 0. The predicted octanol–water partition coefficient (Wildman–Crippen LogP) is 0.696. The van der Waals surface area contributed by atoms with Gasteiger partial charge in [0.25, 0.3) is 5.91 Å². The molecule has 0 unspecified atom stereocenters. The van der Waals surface area contributed by atoms with Gasteiger partial charge < -0.3 is 19.4 Å². The normalized spacial score (nSPS) is 20.2. The Morgan fingerprint density at radius 2 is 1.91 bits per heavy atom. The monoisotopic (exact) mass is 304 g/mol. The molecule has 1 aromatic rings. The number of ether oxygens (including phenoxy) is 1. The summed E-state index contributed by atoms with van der Waals surface area (Å²) in [6.07, 6.45) is 1.76. The van der Waals surface area contributed by atoms with Crippen molar-refractivity contribution in [2.75, 3.05) is 63.9 Å². The van der Waals surface area contributed by atoms with Crippen molar-refractivity contribution in [3.05, 3.63) is 23.9 Å². The summed E-state index contributed by atoms with van der Waals surface area (Å²) < 4.78 is 5.39. The van der Waals surface area contributed by atoms with Crippen LogP contribution in [0.3, 0.4) is 0 Å². The number of piperazine rings is 1. The highest BCUT2D eigenvalue weighted by Gasteiger charge is 2.26. The van der Waals surface area contributed by atoms with Crippen molar-refractivity contribution in [1.29, 1.82) is 0 Å². The molecule has 2 fully saturated rings. The molecule has 0 spiro atoms. The second kappa shape index (κ2) is 7.07. The molecule has 6 heteroatoms. The van der Waals surface area contributed by atoms with Crippen LogP contribution in [0.5, 0.6) is 0 Å². The molecule has 0 saturated carbocycles. The van der Waals surface area contributed by atoms with Crippen molar-refractivity contribution in [3.8, 4) is 0 Å². The highest BCUT2D eigenvalue weighted by Crippen LogP contribution is 2.20. The van der Waals surface area contributed by atoms with Crippen LogP contribution >= 0.6 is 0 Å². The van der Waals surface area contributed by atoms with E-state index in [1.54, 1.807) is 6.20 Å². The maximum atomic E-state index is 12.9. The number of nitrogens with zero attached hydrogens (tertiary/aromatic N) is 4. The third-order valence-electron chi connectivity index (χ3n) is 4.43. The van der Waals surface area contributed by atoms with Gasteiger partial charge in [0.2, 0.25) is 0 Å². The van der Waals surface area contributed by atoms with E-state index in [-0.39, 0.29) is 5.91 Å². The van der Waals surface area contributed by atoms with E-state index in [1.165, 1.54) is 0 Å². The Bertz CT molecular complexity index is 509. The molecular formula is C16H24N4O2. The van der Waals surface area contributed by atoms with Crippen LogP contribution < -0.4 is 4.90 Å². The molecule has 3 heterocycles. The van der Waals surface area contributed by atoms with Crippen LogP contribution in [-0.4, -0.2) is 79.7 Å². The van der Waals surface area contributed by atoms with Crippen LogP contribution in [0, 0.1) is 0 Å². The summed E-state index contributed by atoms with van der Waals surface area (Å²) in [6.45, 7) is 9.68. The van der Waals surface area contributed by atoms with E-state index in [4.69, 9.17) is 4.74 Å². The fourth-order valence-corrected chi connectivity index (χ4v) is 3.03. The second-order valence-electron chi connectivity index (χ2n) is 5.70. The molecule has 6 nitrogen and oxygen atoms in total. The SMILES string of the molecule is CCN1CCN(C(=O)c2cccnc2N2CCOCC2)CC1. The number of likely N-dealkylation sites (N-methyl/N-ethyl adjacent to an activating group) is 1. The number of amides is 1. The zero-order valence-electron chi connectivity index (χ0n) is 13.2. The third kappa shape index (κ3) is 3.23. The summed E-state index contributed by atoms with van der Waals surface area (Å²) in [5.74, 6) is 0.902. The Kier molecular flexibility index (Phi) is 4.90. The van der Waals surface area contributed by atoms with Crippen LogP contribution in [0.2, 0.25) is 0 Å². The maximum absolute atomic E-state index is 12.9. The number of hydrogen-bond acceptors (Lipinski definition) is 5. The molecule has 1 amide bonds. The van der Waals surface area contributed by atoms with Gasteiger partial charge in [0.15, 0.2) is 0 Å². The van der Waals surface area contributed by atoms with Crippen LogP contribution in [0.1, 0.15) is 17.3 Å². The van der Waals surface area contributed by atoms with E-state index >= 15 is 0 Å². The standard InChI is InChI=1S/C16H24N4O2/c1-2-18-6-8-20(9-7-18)16(21)14-4-3-5-17-15(14)19-10-12-22-13-11-19/h3-5H,2,6-13H2,1H3. The summed E-state index contributed by atoms with van der Waals surface area (Å²) >= 11 is 0. The molecule has 0 aromatic carbocycles. The first-order chi connectivity index (χ1) is 10.8. The van der Waals surface area contributed by atoms with Gasteiger partial charge in [0, 0.05) is 45.5 Å². The van der Waals surface area contributed by atoms with E-state index in [0.717, 1.165) is 51.6 Å². The minimum absolute atomic E-state index is 0.102. The van der Waals surface area contributed by atoms with E-state index in [9.17, 15) is 4.79 Å². The molecule has 0 radical (unpaired) electrons. The quantitative estimate of drug-likeness (QED) is 0.822. The molecule has 0 aliphatic carbocycles. The van der Waals surface area contributed by atoms with Gasteiger partial charge in [-0.2, -0.15) is 0 Å². The molecule has 1 aromatic heterocycles. The maximum Gasteiger partial charge on any atom is 0.257 e. The lowest BCUT2D eigenvalue weighted by atomic mass is 10.2. The van der Waals surface area contributed by atoms with Crippen molar-refractivity contribution < 1.29 is 9.53 Å². The zero-order valence-corrected chi connectivity index (χ0v) is 13.2. The zero-order chi connectivity index (χ0) is 15.4. The van der Waals surface area contributed by atoms with Crippen LogP contribution in [-0.2, 0) is 4.74 Å². The molecule has 2 aliphatic heterocycles. The Labute approximate surface area is 131 Å². The average Bonchev–Trinajstić information content (AvgIpc) is 2.62.